The Kier molecular flexibility index (Phi) is 5.51. The van der Waals surface area contributed by atoms with E-state index in [1.807, 2.05) is 41.8 Å². The van der Waals surface area contributed by atoms with Gasteiger partial charge in [-0.15, -0.1) is 0 Å². The summed E-state index contributed by atoms with van der Waals surface area (Å²) in [5.41, 5.74) is 8.03. The fraction of sp³-hybridized carbons (Fsp3) is 0.438. The number of aryl methyl sites for hydroxylation is 1. The standard InChI is InChI=1S/C16H20N2OS/c1-13-5-6-15(14(12-13)4-2-7-17)16(19)18-8-3-10-20-11-9-18/h5-6,12H,3,7-11,17H2,1H3. The molecule has 1 aliphatic heterocycles. The first-order valence-corrected chi connectivity index (χ1v) is 8.04. The van der Waals surface area contributed by atoms with Crippen LogP contribution in [0, 0.1) is 18.8 Å². The third-order valence-electron chi connectivity index (χ3n) is 3.24. The minimum absolute atomic E-state index is 0.0915. The summed E-state index contributed by atoms with van der Waals surface area (Å²) in [6, 6.07) is 5.81. The predicted octanol–water partition coefficient (Wildman–Crippen LogP) is 1.88. The molecule has 0 saturated carbocycles. The minimum Gasteiger partial charge on any atom is -0.338 e. The highest BCUT2D eigenvalue weighted by atomic mass is 32.2. The zero-order valence-corrected chi connectivity index (χ0v) is 12.6. The van der Waals surface area contributed by atoms with E-state index in [0.717, 1.165) is 42.1 Å². The number of amides is 1. The molecule has 1 heterocycles. The summed E-state index contributed by atoms with van der Waals surface area (Å²) in [5, 5.41) is 0. The highest BCUT2D eigenvalue weighted by Gasteiger charge is 2.19. The third-order valence-corrected chi connectivity index (χ3v) is 4.29. The van der Waals surface area contributed by atoms with E-state index in [9.17, 15) is 4.79 Å². The molecule has 0 aromatic heterocycles. The van der Waals surface area contributed by atoms with Crippen molar-refractivity contribution in [3.8, 4) is 11.8 Å². The van der Waals surface area contributed by atoms with Gasteiger partial charge in [0.2, 0.25) is 0 Å². The van der Waals surface area contributed by atoms with Crippen LogP contribution in [0.2, 0.25) is 0 Å². The van der Waals surface area contributed by atoms with Crippen LogP contribution < -0.4 is 5.73 Å². The van der Waals surface area contributed by atoms with E-state index < -0.39 is 0 Å². The minimum atomic E-state index is 0.0915. The summed E-state index contributed by atoms with van der Waals surface area (Å²) in [6.07, 6.45) is 1.06. The molecule has 20 heavy (non-hydrogen) atoms. The van der Waals surface area contributed by atoms with Crippen molar-refractivity contribution in [2.45, 2.75) is 13.3 Å². The van der Waals surface area contributed by atoms with Crippen LogP contribution in [0.3, 0.4) is 0 Å². The van der Waals surface area contributed by atoms with E-state index in [4.69, 9.17) is 5.73 Å². The molecule has 1 amide bonds. The molecule has 1 saturated heterocycles. The zero-order valence-electron chi connectivity index (χ0n) is 11.8. The Balaban J connectivity index is 2.28. The van der Waals surface area contributed by atoms with Gasteiger partial charge in [0.25, 0.3) is 5.91 Å². The number of carbonyl (C=O) groups excluding carboxylic acids is 1. The van der Waals surface area contributed by atoms with Crippen LogP contribution in [0.25, 0.3) is 0 Å². The fourth-order valence-electron chi connectivity index (χ4n) is 2.21. The second kappa shape index (κ2) is 7.37. The van der Waals surface area contributed by atoms with E-state index in [0.29, 0.717) is 12.1 Å². The zero-order chi connectivity index (χ0) is 14.4. The SMILES string of the molecule is Cc1ccc(C(=O)N2CCCSCC2)c(C#CCN)c1. The maximum Gasteiger partial charge on any atom is 0.255 e. The lowest BCUT2D eigenvalue weighted by Gasteiger charge is -2.20. The summed E-state index contributed by atoms with van der Waals surface area (Å²) in [6.45, 7) is 3.97. The molecule has 0 unspecified atom stereocenters. The largest absolute Gasteiger partial charge is 0.338 e. The second-order valence-corrected chi connectivity index (χ2v) is 6.04. The molecule has 1 aromatic carbocycles. The first-order valence-electron chi connectivity index (χ1n) is 6.89. The highest BCUT2D eigenvalue weighted by Crippen LogP contribution is 2.17. The van der Waals surface area contributed by atoms with Gasteiger partial charge in [-0.25, -0.2) is 0 Å². The monoisotopic (exact) mass is 288 g/mol. The highest BCUT2D eigenvalue weighted by molar-refractivity contribution is 7.99. The Hall–Kier alpha value is -1.44. The smallest absolute Gasteiger partial charge is 0.255 e. The van der Waals surface area contributed by atoms with Crippen LogP contribution in [0.1, 0.15) is 27.9 Å². The lowest BCUT2D eigenvalue weighted by molar-refractivity contribution is 0.0768. The normalized spacial score (nSPS) is 15.2. The maximum atomic E-state index is 12.7. The number of nitrogens with zero attached hydrogens (tertiary/aromatic N) is 1. The molecule has 0 aliphatic carbocycles. The van der Waals surface area contributed by atoms with E-state index in [-0.39, 0.29) is 5.91 Å². The summed E-state index contributed by atoms with van der Waals surface area (Å²) < 4.78 is 0. The van der Waals surface area contributed by atoms with Crippen molar-refractivity contribution in [3.63, 3.8) is 0 Å². The van der Waals surface area contributed by atoms with Crippen molar-refractivity contribution >= 4 is 17.7 Å². The van der Waals surface area contributed by atoms with E-state index >= 15 is 0 Å². The summed E-state index contributed by atoms with van der Waals surface area (Å²) >= 11 is 1.91. The number of nitrogens with two attached hydrogens (primary N) is 1. The first-order chi connectivity index (χ1) is 9.72. The molecular weight excluding hydrogens is 268 g/mol. The van der Waals surface area contributed by atoms with Gasteiger partial charge < -0.3 is 10.6 Å². The molecule has 1 aliphatic rings. The van der Waals surface area contributed by atoms with Crippen LogP contribution in [-0.4, -0.2) is 41.9 Å². The van der Waals surface area contributed by atoms with Gasteiger partial charge in [-0.2, -0.15) is 11.8 Å². The molecule has 0 radical (unpaired) electrons. The summed E-state index contributed by atoms with van der Waals surface area (Å²) in [4.78, 5) is 14.6. The second-order valence-electron chi connectivity index (χ2n) is 4.81. The Labute approximate surface area is 124 Å². The molecule has 3 nitrogen and oxygen atoms in total. The number of hydrogen-bond donors (Lipinski definition) is 1. The number of carbonyl (C=O) groups is 1. The van der Waals surface area contributed by atoms with E-state index in [1.165, 1.54) is 0 Å². The topological polar surface area (TPSA) is 46.3 Å². The van der Waals surface area contributed by atoms with E-state index in [2.05, 4.69) is 11.8 Å². The lowest BCUT2D eigenvalue weighted by atomic mass is 10.0. The van der Waals surface area contributed by atoms with Crippen LogP contribution in [0.15, 0.2) is 18.2 Å². The van der Waals surface area contributed by atoms with Crippen LogP contribution in [0.4, 0.5) is 0 Å². The molecule has 0 bridgehead atoms. The van der Waals surface area contributed by atoms with Gasteiger partial charge in [-0.3, -0.25) is 4.79 Å². The Morgan fingerprint density at radius 1 is 1.40 bits per heavy atom. The van der Waals surface area contributed by atoms with Crippen molar-refractivity contribution in [1.82, 2.24) is 4.90 Å². The van der Waals surface area contributed by atoms with Crippen molar-refractivity contribution in [2.75, 3.05) is 31.1 Å². The molecule has 1 fully saturated rings. The Bertz CT molecular complexity index is 537. The molecule has 1 aromatic rings. The fourth-order valence-corrected chi connectivity index (χ4v) is 3.10. The molecule has 106 valence electrons. The number of hydrogen-bond acceptors (Lipinski definition) is 3. The van der Waals surface area contributed by atoms with Crippen LogP contribution >= 0.6 is 11.8 Å². The van der Waals surface area contributed by atoms with Crippen molar-refractivity contribution in [1.29, 1.82) is 0 Å². The lowest BCUT2D eigenvalue weighted by Crippen LogP contribution is -2.33. The maximum absolute atomic E-state index is 12.7. The van der Waals surface area contributed by atoms with Crippen molar-refractivity contribution < 1.29 is 4.79 Å². The van der Waals surface area contributed by atoms with Crippen LogP contribution in [0.5, 0.6) is 0 Å². The third kappa shape index (κ3) is 3.78. The number of benzene rings is 1. The van der Waals surface area contributed by atoms with Gasteiger partial charge >= 0.3 is 0 Å². The van der Waals surface area contributed by atoms with Gasteiger partial charge in [0, 0.05) is 24.4 Å². The van der Waals surface area contributed by atoms with Crippen LogP contribution in [-0.2, 0) is 0 Å². The molecule has 2 rings (SSSR count). The molecule has 0 atom stereocenters. The summed E-state index contributed by atoms with van der Waals surface area (Å²) in [5.74, 6) is 8.11. The Morgan fingerprint density at radius 2 is 2.25 bits per heavy atom. The van der Waals surface area contributed by atoms with Gasteiger partial charge in [0.1, 0.15) is 0 Å². The van der Waals surface area contributed by atoms with Gasteiger partial charge in [-0.1, -0.05) is 17.9 Å². The predicted molar refractivity (Wildman–Crippen MR) is 85.0 cm³/mol. The average molecular weight is 288 g/mol. The molecule has 4 heteroatoms. The van der Waals surface area contributed by atoms with Gasteiger partial charge in [0.15, 0.2) is 0 Å². The molecule has 0 spiro atoms. The van der Waals surface area contributed by atoms with E-state index in [1.54, 1.807) is 0 Å². The van der Waals surface area contributed by atoms with Crippen molar-refractivity contribution in [2.24, 2.45) is 5.73 Å². The Morgan fingerprint density at radius 3 is 3.05 bits per heavy atom. The first kappa shape index (κ1) is 15.0. The number of rotatable bonds is 1. The molecule has 2 N–H and O–H groups in total. The van der Waals surface area contributed by atoms with Gasteiger partial charge in [-0.05, 0) is 36.8 Å². The van der Waals surface area contributed by atoms with Gasteiger partial charge in [0.05, 0.1) is 12.1 Å². The summed E-state index contributed by atoms with van der Waals surface area (Å²) in [7, 11) is 0. The molecular formula is C16H20N2OS. The van der Waals surface area contributed by atoms with Crippen molar-refractivity contribution in [3.05, 3.63) is 34.9 Å². The quantitative estimate of drug-likeness (QED) is 0.803. The average Bonchev–Trinajstić information content (AvgIpc) is 2.73. The number of thioether (sulfide) groups is 1.